The molecule has 15 heavy (non-hydrogen) atoms. The van der Waals surface area contributed by atoms with E-state index in [0.29, 0.717) is 25.5 Å². The van der Waals surface area contributed by atoms with E-state index in [2.05, 4.69) is 10.3 Å². The molecule has 1 aromatic rings. The molecule has 0 aliphatic rings. The van der Waals surface area contributed by atoms with Crippen molar-refractivity contribution in [3.05, 3.63) is 24.0 Å². The maximum atomic E-state index is 8.53. The number of anilines is 1. The Hall–Kier alpha value is -1.64. The maximum absolute atomic E-state index is 8.53. The zero-order valence-corrected chi connectivity index (χ0v) is 8.31. The van der Waals surface area contributed by atoms with Crippen LogP contribution in [0.25, 0.3) is 0 Å². The molecule has 0 radical (unpaired) electrons. The molecule has 0 aliphatic heterocycles. The molecule has 80 valence electrons. The average Bonchev–Trinajstić information content (AvgIpc) is 2.30. The summed E-state index contributed by atoms with van der Waals surface area (Å²) >= 11 is 0. The highest BCUT2D eigenvalue weighted by atomic mass is 16.5. The van der Waals surface area contributed by atoms with Crippen molar-refractivity contribution in [2.45, 2.75) is 0 Å². The van der Waals surface area contributed by atoms with Gasteiger partial charge in [0.1, 0.15) is 11.8 Å². The van der Waals surface area contributed by atoms with Gasteiger partial charge in [-0.05, 0) is 12.1 Å². The van der Waals surface area contributed by atoms with Crippen LogP contribution in [0, 0.1) is 11.3 Å². The zero-order chi connectivity index (χ0) is 10.9. The topological polar surface area (TPSA) is 78.2 Å². The predicted molar refractivity (Wildman–Crippen MR) is 55.3 cm³/mol. The number of aromatic nitrogens is 1. The summed E-state index contributed by atoms with van der Waals surface area (Å²) in [4.78, 5) is 3.91. The van der Waals surface area contributed by atoms with E-state index in [1.54, 1.807) is 18.3 Å². The molecule has 0 unspecified atom stereocenters. The molecule has 0 bridgehead atoms. The van der Waals surface area contributed by atoms with E-state index in [0.717, 1.165) is 5.69 Å². The number of ether oxygens (including phenoxy) is 1. The smallest absolute Gasteiger partial charge is 0.140 e. The molecule has 1 rings (SSSR count). The molecule has 0 saturated carbocycles. The van der Waals surface area contributed by atoms with Crippen LogP contribution in [0.2, 0.25) is 0 Å². The van der Waals surface area contributed by atoms with Crippen LogP contribution in [0.15, 0.2) is 18.3 Å². The first kappa shape index (κ1) is 11.4. The Balaban J connectivity index is 2.23. The Labute approximate surface area is 88.3 Å². The standard InChI is InChI=1S/C10H13N3O2/c11-7-9-1-2-10(8-13-9)12-3-5-15-6-4-14/h1-2,8,12,14H,3-6H2. The highest BCUT2D eigenvalue weighted by Crippen LogP contribution is 2.04. The summed E-state index contributed by atoms with van der Waals surface area (Å²) in [5.74, 6) is 0. The van der Waals surface area contributed by atoms with Crippen LogP contribution >= 0.6 is 0 Å². The average molecular weight is 207 g/mol. The van der Waals surface area contributed by atoms with E-state index < -0.39 is 0 Å². The van der Waals surface area contributed by atoms with Crippen molar-refractivity contribution in [2.24, 2.45) is 0 Å². The van der Waals surface area contributed by atoms with Crippen molar-refractivity contribution in [1.29, 1.82) is 5.26 Å². The molecule has 2 N–H and O–H groups in total. The molecular formula is C10H13N3O2. The maximum Gasteiger partial charge on any atom is 0.140 e. The van der Waals surface area contributed by atoms with Gasteiger partial charge < -0.3 is 15.2 Å². The molecule has 0 spiro atoms. The minimum Gasteiger partial charge on any atom is -0.394 e. The third kappa shape index (κ3) is 4.40. The molecule has 5 nitrogen and oxygen atoms in total. The number of rotatable bonds is 6. The fourth-order valence-corrected chi connectivity index (χ4v) is 0.999. The molecular weight excluding hydrogens is 194 g/mol. The van der Waals surface area contributed by atoms with E-state index in [1.165, 1.54) is 0 Å². The van der Waals surface area contributed by atoms with Gasteiger partial charge in [-0.3, -0.25) is 0 Å². The van der Waals surface area contributed by atoms with Crippen LogP contribution in [0.4, 0.5) is 5.69 Å². The highest BCUT2D eigenvalue weighted by molar-refractivity contribution is 5.42. The second kappa shape index (κ2) is 6.76. The fourth-order valence-electron chi connectivity index (χ4n) is 0.999. The normalized spacial score (nSPS) is 9.60. The predicted octanol–water partition coefficient (Wildman–Crippen LogP) is 0.374. The van der Waals surface area contributed by atoms with Gasteiger partial charge in [-0.25, -0.2) is 4.98 Å². The van der Waals surface area contributed by atoms with Crippen molar-refractivity contribution in [2.75, 3.05) is 31.7 Å². The van der Waals surface area contributed by atoms with Crippen LogP contribution in [-0.2, 0) is 4.74 Å². The quantitative estimate of drug-likeness (QED) is 0.659. The first-order valence-electron chi connectivity index (χ1n) is 4.65. The number of hydrogen-bond donors (Lipinski definition) is 2. The number of nitriles is 1. The fraction of sp³-hybridized carbons (Fsp3) is 0.400. The van der Waals surface area contributed by atoms with Crippen LogP contribution in [0.3, 0.4) is 0 Å². The lowest BCUT2D eigenvalue weighted by Crippen LogP contribution is -2.11. The van der Waals surface area contributed by atoms with Crippen LogP contribution < -0.4 is 5.32 Å². The summed E-state index contributed by atoms with van der Waals surface area (Å²) < 4.78 is 5.06. The number of aliphatic hydroxyl groups is 1. The van der Waals surface area contributed by atoms with E-state index in [4.69, 9.17) is 15.1 Å². The molecule has 5 heteroatoms. The van der Waals surface area contributed by atoms with Crippen LogP contribution in [-0.4, -0.2) is 36.5 Å². The molecule has 0 saturated heterocycles. The van der Waals surface area contributed by atoms with Gasteiger partial charge in [-0.2, -0.15) is 5.26 Å². The minimum atomic E-state index is 0.0401. The number of nitrogens with zero attached hydrogens (tertiary/aromatic N) is 2. The summed E-state index contributed by atoms with van der Waals surface area (Å²) in [6.07, 6.45) is 1.60. The van der Waals surface area contributed by atoms with E-state index in [9.17, 15) is 0 Å². The second-order valence-corrected chi connectivity index (χ2v) is 2.81. The highest BCUT2D eigenvalue weighted by Gasteiger charge is 1.93. The Kier molecular flexibility index (Phi) is 5.15. The van der Waals surface area contributed by atoms with Gasteiger partial charge in [-0.15, -0.1) is 0 Å². The molecule has 1 heterocycles. The summed E-state index contributed by atoms with van der Waals surface area (Å²) in [7, 11) is 0. The van der Waals surface area contributed by atoms with Gasteiger partial charge in [0.2, 0.25) is 0 Å². The Morgan fingerprint density at radius 1 is 1.47 bits per heavy atom. The van der Waals surface area contributed by atoms with Gasteiger partial charge >= 0.3 is 0 Å². The van der Waals surface area contributed by atoms with Gasteiger partial charge in [-0.1, -0.05) is 0 Å². The molecule has 1 aromatic heterocycles. The zero-order valence-electron chi connectivity index (χ0n) is 8.31. The third-order valence-corrected chi connectivity index (χ3v) is 1.69. The Bertz CT molecular complexity index is 318. The van der Waals surface area contributed by atoms with Crippen molar-refractivity contribution in [1.82, 2.24) is 4.98 Å². The summed E-state index contributed by atoms with van der Waals surface area (Å²) in [6.45, 7) is 1.57. The number of hydrogen-bond acceptors (Lipinski definition) is 5. The van der Waals surface area contributed by atoms with Gasteiger partial charge in [0.15, 0.2) is 0 Å². The number of aliphatic hydroxyl groups excluding tert-OH is 1. The second-order valence-electron chi connectivity index (χ2n) is 2.81. The lowest BCUT2D eigenvalue weighted by molar-refractivity contribution is 0.0992. The first-order chi connectivity index (χ1) is 7.36. The van der Waals surface area contributed by atoms with Crippen molar-refractivity contribution >= 4 is 5.69 Å². The monoisotopic (exact) mass is 207 g/mol. The number of nitrogens with one attached hydrogen (secondary N) is 1. The Morgan fingerprint density at radius 2 is 2.33 bits per heavy atom. The molecule has 0 atom stereocenters. The first-order valence-corrected chi connectivity index (χ1v) is 4.65. The lowest BCUT2D eigenvalue weighted by Gasteiger charge is -2.05. The largest absolute Gasteiger partial charge is 0.394 e. The van der Waals surface area contributed by atoms with Crippen LogP contribution in [0.1, 0.15) is 5.69 Å². The van der Waals surface area contributed by atoms with Gasteiger partial charge in [0, 0.05) is 6.54 Å². The number of pyridine rings is 1. The Morgan fingerprint density at radius 3 is 2.93 bits per heavy atom. The lowest BCUT2D eigenvalue weighted by atomic mass is 10.3. The molecule has 0 fully saturated rings. The molecule has 0 aliphatic carbocycles. The summed E-state index contributed by atoms with van der Waals surface area (Å²) in [6, 6.07) is 5.39. The summed E-state index contributed by atoms with van der Waals surface area (Å²) in [5.41, 5.74) is 1.25. The van der Waals surface area contributed by atoms with Crippen LogP contribution in [0.5, 0.6) is 0 Å². The summed E-state index contributed by atoms with van der Waals surface area (Å²) in [5, 5.41) is 20.1. The molecule has 0 aromatic carbocycles. The van der Waals surface area contributed by atoms with E-state index in [-0.39, 0.29) is 6.61 Å². The van der Waals surface area contributed by atoms with Crippen molar-refractivity contribution in [3.8, 4) is 6.07 Å². The third-order valence-electron chi connectivity index (χ3n) is 1.69. The van der Waals surface area contributed by atoms with E-state index >= 15 is 0 Å². The molecule has 0 amide bonds. The van der Waals surface area contributed by atoms with Gasteiger partial charge in [0.25, 0.3) is 0 Å². The minimum absolute atomic E-state index is 0.0401. The van der Waals surface area contributed by atoms with Crippen molar-refractivity contribution < 1.29 is 9.84 Å². The van der Waals surface area contributed by atoms with E-state index in [1.807, 2.05) is 6.07 Å². The SMILES string of the molecule is N#Cc1ccc(NCCOCCO)cn1. The van der Waals surface area contributed by atoms with Gasteiger partial charge in [0.05, 0.1) is 31.7 Å². The van der Waals surface area contributed by atoms with Crippen molar-refractivity contribution in [3.63, 3.8) is 0 Å².